The predicted octanol–water partition coefficient (Wildman–Crippen LogP) is 0.864. The van der Waals surface area contributed by atoms with Crippen molar-refractivity contribution in [1.29, 1.82) is 0 Å². The summed E-state index contributed by atoms with van der Waals surface area (Å²) in [5.74, 6) is -0.618. The van der Waals surface area contributed by atoms with Crippen LogP contribution in [0.3, 0.4) is 0 Å². The minimum Gasteiger partial charge on any atom is -0.468 e. The normalized spacial score (nSPS) is 11.5. The van der Waals surface area contributed by atoms with Crippen LogP contribution in [-0.4, -0.2) is 30.1 Å². The van der Waals surface area contributed by atoms with Crippen molar-refractivity contribution in [2.75, 3.05) is 6.54 Å². The highest BCUT2D eigenvalue weighted by Crippen LogP contribution is 2.27. The molecule has 0 aliphatic rings. The van der Waals surface area contributed by atoms with Crippen molar-refractivity contribution in [3.05, 3.63) is 58.5 Å². The molecule has 122 valence electrons. The van der Waals surface area contributed by atoms with Gasteiger partial charge in [-0.05, 0) is 18.2 Å². The van der Waals surface area contributed by atoms with Crippen LogP contribution < -0.4 is 5.73 Å². The largest absolute Gasteiger partial charge is 0.468 e. The summed E-state index contributed by atoms with van der Waals surface area (Å²) in [6.07, 6.45) is 1.34. The number of hydrogen-bond donors (Lipinski definition) is 1. The van der Waals surface area contributed by atoms with E-state index in [0.717, 1.165) is 16.4 Å². The number of nitro groups is 1. The number of carbonyl (C=O) groups is 1. The average Bonchev–Trinajstić information content (AvgIpc) is 2.99. The van der Waals surface area contributed by atoms with E-state index in [0.29, 0.717) is 0 Å². The van der Waals surface area contributed by atoms with Crippen LogP contribution in [0, 0.1) is 10.1 Å². The van der Waals surface area contributed by atoms with Crippen molar-refractivity contribution in [2.45, 2.75) is 11.4 Å². The van der Waals surface area contributed by atoms with Gasteiger partial charge in [0.15, 0.2) is 4.90 Å². The monoisotopic (exact) mass is 339 g/mol. The van der Waals surface area contributed by atoms with Gasteiger partial charge in [0.05, 0.1) is 24.3 Å². The number of para-hydroxylation sites is 1. The standard InChI is InChI=1S/C13H13N3O6S/c14-13(17)9-15(8-10-4-3-7-22-10)23(20,21)12-6-2-1-5-11(12)16(18)19/h1-7H,8-9H2,(H2,14,17). The molecule has 2 rings (SSSR count). The van der Waals surface area contributed by atoms with E-state index in [-0.39, 0.29) is 12.3 Å². The molecule has 0 atom stereocenters. The fourth-order valence-corrected chi connectivity index (χ4v) is 3.47. The second kappa shape index (κ2) is 6.58. The predicted molar refractivity (Wildman–Crippen MR) is 78.6 cm³/mol. The molecule has 2 N–H and O–H groups in total. The first kappa shape index (κ1) is 16.6. The summed E-state index contributed by atoms with van der Waals surface area (Å²) >= 11 is 0. The molecule has 0 bridgehead atoms. The summed E-state index contributed by atoms with van der Waals surface area (Å²) in [4.78, 5) is 20.9. The molecule has 1 aromatic heterocycles. The summed E-state index contributed by atoms with van der Waals surface area (Å²) in [5.41, 5.74) is 4.50. The number of primary amides is 1. The number of rotatable bonds is 7. The van der Waals surface area contributed by atoms with E-state index < -0.39 is 38.0 Å². The Balaban J connectivity index is 2.47. The Labute approximate surface area is 131 Å². The molecule has 0 fully saturated rings. The summed E-state index contributed by atoms with van der Waals surface area (Å²) in [7, 11) is -4.32. The van der Waals surface area contributed by atoms with Crippen molar-refractivity contribution in [1.82, 2.24) is 4.31 Å². The Kier molecular flexibility index (Phi) is 4.77. The topological polar surface area (TPSA) is 137 Å². The fraction of sp³-hybridized carbons (Fsp3) is 0.154. The molecule has 0 saturated carbocycles. The molecular weight excluding hydrogens is 326 g/mol. The van der Waals surface area contributed by atoms with Crippen LogP contribution in [-0.2, 0) is 21.4 Å². The summed E-state index contributed by atoms with van der Waals surface area (Å²) in [6, 6.07) is 7.95. The SMILES string of the molecule is NC(=O)CN(Cc1ccco1)S(=O)(=O)c1ccccc1[N+](=O)[O-]. The van der Waals surface area contributed by atoms with Crippen molar-refractivity contribution in [3.63, 3.8) is 0 Å². The van der Waals surface area contributed by atoms with Gasteiger partial charge in [-0.3, -0.25) is 14.9 Å². The van der Waals surface area contributed by atoms with Crippen LogP contribution >= 0.6 is 0 Å². The second-order valence-corrected chi connectivity index (χ2v) is 6.45. The lowest BCUT2D eigenvalue weighted by Crippen LogP contribution is -2.38. The molecule has 10 heteroatoms. The van der Waals surface area contributed by atoms with Gasteiger partial charge in [0, 0.05) is 6.07 Å². The molecule has 0 aliphatic heterocycles. The number of carbonyl (C=O) groups excluding carboxylic acids is 1. The molecular formula is C13H13N3O6S. The van der Waals surface area contributed by atoms with Crippen molar-refractivity contribution >= 4 is 21.6 Å². The molecule has 1 amide bonds. The number of benzene rings is 1. The van der Waals surface area contributed by atoms with Gasteiger partial charge < -0.3 is 10.2 Å². The van der Waals surface area contributed by atoms with E-state index in [1.165, 1.54) is 24.5 Å². The van der Waals surface area contributed by atoms with Crippen LogP contribution in [0.5, 0.6) is 0 Å². The van der Waals surface area contributed by atoms with Crippen molar-refractivity contribution in [2.24, 2.45) is 5.73 Å². The maximum absolute atomic E-state index is 12.7. The van der Waals surface area contributed by atoms with Crippen molar-refractivity contribution < 1.29 is 22.6 Å². The first-order valence-electron chi connectivity index (χ1n) is 6.36. The average molecular weight is 339 g/mol. The Morgan fingerprint density at radius 2 is 1.96 bits per heavy atom. The third kappa shape index (κ3) is 3.73. The molecule has 2 aromatic rings. The highest BCUT2D eigenvalue weighted by atomic mass is 32.2. The van der Waals surface area contributed by atoms with Crippen molar-refractivity contribution in [3.8, 4) is 0 Å². The highest BCUT2D eigenvalue weighted by Gasteiger charge is 2.32. The lowest BCUT2D eigenvalue weighted by molar-refractivity contribution is -0.387. The molecule has 1 heterocycles. The quantitative estimate of drug-likeness (QED) is 0.587. The van der Waals surface area contributed by atoms with Gasteiger partial charge in [-0.1, -0.05) is 12.1 Å². The molecule has 0 unspecified atom stereocenters. The lowest BCUT2D eigenvalue weighted by atomic mass is 10.3. The van der Waals surface area contributed by atoms with Crippen LogP contribution in [0.2, 0.25) is 0 Å². The van der Waals surface area contributed by atoms with E-state index in [4.69, 9.17) is 10.2 Å². The zero-order chi connectivity index (χ0) is 17.0. The molecule has 0 saturated heterocycles. The number of furan rings is 1. The summed E-state index contributed by atoms with van der Waals surface area (Å²) in [6.45, 7) is -0.903. The van der Waals surface area contributed by atoms with Crippen LogP contribution in [0.25, 0.3) is 0 Å². The zero-order valence-electron chi connectivity index (χ0n) is 11.8. The number of nitrogens with two attached hydrogens (primary N) is 1. The smallest absolute Gasteiger partial charge is 0.289 e. The molecule has 0 aliphatic carbocycles. The fourth-order valence-electron chi connectivity index (χ4n) is 1.94. The van der Waals surface area contributed by atoms with Gasteiger partial charge in [-0.25, -0.2) is 8.42 Å². The van der Waals surface area contributed by atoms with Gasteiger partial charge >= 0.3 is 0 Å². The first-order valence-corrected chi connectivity index (χ1v) is 7.80. The Morgan fingerprint density at radius 3 is 2.52 bits per heavy atom. The number of nitro benzene ring substituents is 1. The summed E-state index contributed by atoms with van der Waals surface area (Å²) < 4.78 is 31.2. The lowest BCUT2D eigenvalue weighted by Gasteiger charge is -2.19. The zero-order valence-corrected chi connectivity index (χ0v) is 12.6. The van der Waals surface area contributed by atoms with Crippen LogP contribution in [0.4, 0.5) is 5.69 Å². The molecule has 0 spiro atoms. The Hall–Kier alpha value is -2.72. The molecule has 1 aromatic carbocycles. The Morgan fingerprint density at radius 1 is 1.26 bits per heavy atom. The van der Waals surface area contributed by atoms with Crippen LogP contribution in [0.1, 0.15) is 5.76 Å². The van der Waals surface area contributed by atoms with Gasteiger partial charge in [0.25, 0.3) is 15.7 Å². The van der Waals surface area contributed by atoms with Gasteiger partial charge in [-0.2, -0.15) is 4.31 Å². The number of nitrogens with zero attached hydrogens (tertiary/aromatic N) is 2. The first-order chi connectivity index (χ1) is 10.8. The molecule has 9 nitrogen and oxygen atoms in total. The minimum absolute atomic E-state index is 0.272. The maximum Gasteiger partial charge on any atom is 0.289 e. The second-order valence-electron chi connectivity index (χ2n) is 4.54. The number of hydrogen-bond acceptors (Lipinski definition) is 6. The number of sulfonamides is 1. The highest BCUT2D eigenvalue weighted by molar-refractivity contribution is 7.89. The van der Waals surface area contributed by atoms with Gasteiger partial charge in [-0.15, -0.1) is 0 Å². The van der Waals surface area contributed by atoms with E-state index in [2.05, 4.69) is 0 Å². The van der Waals surface area contributed by atoms with E-state index in [1.54, 1.807) is 6.07 Å². The van der Waals surface area contributed by atoms with E-state index in [9.17, 15) is 23.3 Å². The maximum atomic E-state index is 12.7. The van der Waals surface area contributed by atoms with Gasteiger partial charge in [0.2, 0.25) is 5.91 Å². The summed E-state index contributed by atoms with van der Waals surface area (Å²) in [5, 5.41) is 11.0. The van der Waals surface area contributed by atoms with E-state index in [1.807, 2.05) is 0 Å². The van der Waals surface area contributed by atoms with Gasteiger partial charge in [0.1, 0.15) is 5.76 Å². The Bertz CT molecular complexity index is 816. The third-order valence-electron chi connectivity index (χ3n) is 2.92. The molecule has 23 heavy (non-hydrogen) atoms. The third-order valence-corrected chi connectivity index (χ3v) is 4.76. The minimum atomic E-state index is -4.32. The van der Waals surface area contributed by atoms with Crippen LogP contribution in [0.15, 0.2) is 52.0 Å². The number of amides is 1. The molecule has 0 radical (unpaired) electrons. The van der Waals surface area contributed by atoms with E-state index >= 15 is 0 Å².